The minimum atomic E-state index is -0.621. The highest BCUT2D eigenvalue weighted by Crippen LogP contribution is 2.53. The summed E-state index contributed by atoms with van der Waals surface area (Å²) in [5.74, 6) is 0. The van der Waals surface area contributed by atoms with Crippen LogP contribution in [0.1, 0.15) is 43.2 Å². The molecule has 0 saturated heterocycles. The van der Waals surface area contributed by atoms with Crippen LogP contribution in [-0.2, 0) is 11.8 Å². The van der Waals surface area contributed by atoms with Gasteiger partial charge in [-0.1, -0.05) is 19.3 Å². The molecule has 20 heavy (non-hydrogen) atoms. The first kappa shape index (κ1) is 12.4. The minimum Gasteiger partial charge on any atom is -0.464 e. The molecule has 0 spiro atoms. The molecule has 1 saturated carbocycles. The molecule has 3 heteroatoms. The summed E-state index contributed by atoms with van der Waals surface area (Å²) >= 11 is 0. The van der Waals surface area contributed by atoms with E-state index in [0.717, 1.165) is 43.1 Å². The van der Waals surface area contributed by atoms with E-state index in [1.165, 1.54) is 17.5 Å². The zero-order chi connectivity index (χ0) is 13.8. The molecule has 3 nitrogen and oxygen atoms in total. The third kappa shape index (κ3) is 1.42. The normalized spacial score (nSPS) is 28.1. The van der Waals surface area contributed by atoms with Crippen molar-refractivity contribution in [1.82, 2.24) is 0 Å². The van der Waals surface area contributed by atoms with Crippen molar-refractivity contribution in [2.75, 3.05) is 6.54 Å². The summed E-state index contributed by atoms with van der Waals surface area (Å²) in [6, 6.07) is 6.28. The van der Waals surface area contributed by atoms with E-state index in [-0.39, 0.29) is 5.41 Å². The van der Waals surface area contributed by atoms with Gasteiger partial charge in [-0.3, -0.25) is 0 Å². The molecule has 2 aliphatic carbocycles. The van der Waals surface area contributed by atoms with Crippen LogP contribution >= 0.6 is 0 Å². The van der Waals surface area contributed by atoms with E-state index < -0.39 is 5.60 Å². The van der Waals surface area contributed by atoms with Gasteiger partial charge in [-0.05, 0) is 48.6 Å². The zero-order valence-electron chi connectivity index (χ0n) is 11.7. The van der Waals surface area contributed by atoms with Crippen LogP contribution in [0.4, 0.5) is 0 Å². The van der Waals surface area contributed by atoms with E-state index in [0.29, 0.717) is 6.54 Å². The Balaban J connectivity index is 1.83. The standard InChI is InChI=1S/C17H21NO2/c18-11-16(17(19)5-2-1-3-6-17)10-13-9-15-12(4-7-20-15)8-14(13)16/h4,7-9,19H,1-3,5-6,10-11,18H2. The van der Waals surface area contributed by atoms with Gasteiger partial charge < -0.3 is 15.3 Å². The van der Waals surface area contributed by atoms with Gasteiger partial charge in [-0.15, -0.1) is 0 Å². The smallest absolute Gasteiger partial charge is 0.134 e. The average Bonchev–Trinajstić information content (AvgIpc) is 2.89. The van der Waals surface area contributed by atoms with Crippen molar-refractivity contribution in [3.05, 3.63) is 35.6 Å². The Labute approximate surface area is 118 Å². The molecular formula is C17H21NO2. The number of benzene rings is 1. The summed E-state index contributed by atoms with van der Waals surface area (Å²) in [6.45, 7) is 0.528. The van der Waals surface area contributed by atoms with E-state index in [1.807, 2.05) is 6.07 Å². The van der Waals surface area contributed by atoms with Gasteiger partial charge >= 0.3 is 0 Å². The zero-order valence-corrected chi connectivity index (χ0v) is 11.7. The molecule has 1 atom stereocenters. The maximum Gasteiger partial charge on any atom is 0.134 e. The predicted molar refractivity (Wildman–Crippen MR) is 78.7 cm³/mol. The van der Waals surface area contributed by atoms with Crippen LogP contribution in [0.25, 0.3) is 11.0 Å². The van der Waals surface area contributed by atoms with E-state index in [2.05, 4.69) is 12.1 Å². The van der Waals surface area contributed by atoms with Crippen LogP contribution in [0.2, 0.25) is 0 Å². The molecule has 1 aromatic carbocycles. The maximum absolute atomic E-state index is 11.2. The Hall–Kier alpha value is -1.32. The molecular weight excluding hydrogens is 250 g/mol. The molecule has 3 N–H and O–H groups in total. The second-order valence-electron chi connectivity index (χ2n) is 6.52. The van der Waals surface area contributed by atoms with Crippen LogP contribution in [0.5, 0.6) is 0 Å². The van der Waals surface area contributed by atoms with E-state index in [4.69, 9.17) is 10.2 Å². The van der Waals surface area contributed by atoms with Crippen molar-refractivity contribution in [2.45, 2.75) is 49.5 Å². The van der Waals surface area contributed by atoms with E-state index in [9.17, 15) is 5.11 Å². The molecule has 106 valence electrons. The lowest BCUT2D eigenvalue weighted by Gasteiger charge is -2.55. The van der Waals surface area contributed by atoms with Crippen molar-refractivity contribution in [3.63, 3.8) is 0 Å². The molecule has 0 aliphatic heterocycles. The molecule has 1 fully saturated rings. The average molecular weight is 271 g/mol. The Morgan fingerprint density at radius 3 is 2.75 bits per heavy atom. The number of aliphatic hydroxyl groups is 1. The molecule has 1 unspecified atom stereocenters. The summed E-state index contributed by atoms with van der Waals surface area (Å²) in [7, 11) is 0. The van der Waals surface area contributed by atoms with E-state index in [1.54, 1.807) is 6.26 Å². The van der Waals surface area contributed by atoms with Gasteiger partial charge in [0.1, 0.15) is 5.58 Å². The third-order valence-corrected chi connectivity index (χ3v) is 5.61. The molecule has 1 aromatic heterocycles. The van der Waals surface area contributed by atoms with Gasteiger partial charge in [0, 0.05) is 17.3 Å². The van der Waals surface area contributed by atoms with Gasteiger partial charge in [-0.2, -0.15) is 0 Å². The van der Waals surface area contributed by atoms with Gasteiger partial charge in [0.25, 0.3) is 0 Å². The van der Waals surface area contributed by atoms with Gasteiger partial charge in [0.05, 0.1) is 11.9 Å². The van der Waals surface area contributed by atoms with Crippen molar-refractivity contribution in [2.24, 2.45) is 5.73 Å². The first-order valence-electron chi connectivity index (χ1n) is 7.62. The number of hydrogen-bond acceptors (Lipinski definition) is 3. The molecule has 2 aliphatic rings. The topological polar surface area (TPSA) is 59.4 Å². The Kier molecular flexibility index (Phi) is 2.54. The minimum absolute atomic E-state index is 0.242. The number of rotatable bonds is 2. The fraction of sp³-hybridized carbons (Fsp3) is 0.529. The highest BCUT2D eigenvalue weighted by atomic mass is 16.3. The fourth-order valence-electron chi connectivity index (χ4n) is 4.36. The molecule has 0 bridgehead atoms. The monoisotopic (exact) mass is 271 g/mol. The molecule has 2 aromatic rings. The van der Waals surface area contributed by atoms with Crippen molar-refractivity contribution >= 4 is 11.0 Å². The lowest BCUT2D eigenvalue weighted by atomic mass is 9.52. The van der Waals surface area contributed by atoms with Gasteiger partial charge in [0.2, 0.25) is 0 Å². The number of fused-ring (bicyclic) bond motifs is 2. The third-order valence-electron chi connectivity index (χ3n) is 5.61. The van der Waals surface area contributed by atoms with Crippen molar-refractivity contribution in [3.8, 4) is 0 Å². The summed E-state index contributed by atoms with van der Waals surface area (Å²) in [5, 5.41) is 12.3. The quantitative estimate of drug-likeness (QED) is 0.883. The Morgan fingerprint density at radius 2 is 2.00 bits per heavy atom. The van der Waals surface area contributed by atoms with Gasteiger partial charge in [-0.25, -0.2) is 0 Å². The fourth-order valence-corrected chi connectivity index (χ4v) is 4.36. The van der Waals surface area contributed by atoms with E-state index >= 15 is 0 Å². The maximum atomic E-state index is 11.2. The SMILES string of the molecule is NCC1(C2(O)CCCCC2)Cc2cc3occc3cc21. The largest absolute Gasteiger partial charge is 0.464 e. The number of nitrogens with two attached hydrogens (primary N) is 1. The summed E-state index contributed by atoms with van der Waals surface area (Å²) in [4.78, 5) is 0. The molecule has 1 heterocycles. The summed E-state index contributed by atoms with van der Waals surface area (Å²) < 4.78 is 5.47. The van der Waals surface area contributed by atoms with Crippen molar-refractivity contribution in [1.29, 1.82) is 0 Å². The predicted octanol–water partition coefficient (Wildman–Crippen LogP) is 2.88. The second kappa shape index (κ2) is 4.09. The molecule has 4 rings (SSSR count). The Bertz CT molecular complexity index is 654. The first-order chi connectivity index (χ1) is 9.68. The van der Waals surface area contributed by atoms with Crippen LogP contribution in [0.3, 0.4) is 0 Å². The summed E-state index contributed by atoms with van der Waals surface area (Å²) in [5.41, 5.74) is 8.75. The van der Waals surface area contributed by atoms with Gasteiger partial charge in [0.15, 0.2) is 0 Å². The molecule has 0 amide bonds. The lowest BCUT2D eigenvalue weighted by Crippen LogP contribution is -2.62. The number of furan rings is 1. The highest BCUT2D eigenvalue weighted by Gasteiger charge is 2.56. The highest BCUT2D eigenvalue weighted by molar-refractivity contribution is 5.81. The first-order valence-corrected chi connectivity index (χ1v) is 7.62. The number of hydrogen-bond donors (Lipinski definition) is 2. The van der Waals surface area contributed by atoms with Crippen LogP contribution < -0.4 is 5.73 Å². The van der Waals surface area contributed by atoms with Crippen LogP contribution in [0, 0.1) is 0 Å². The second-order valence-corrected chi connectivity index (χ2v) is 6.52. The van der Waals surface area contributed by atoms with Crippen LogP contribution in [0.15, 0.2) is 28.9 Å². The lowest BCUT2D eigenvalue weighted by molar-refractivity contribution is -0.0755. The van der Waals surface area contributed by atoms with Crippen molar-refractivity contribution < 1.29 is 9.52 Å². The Morgan fingerprint density at radius 1 is 1.20 bits per heavy atom. The molecule has 0 radical (unpaired) electrons. The summed E-state index contributed by atoms with van der Waals surface area (Å²) in [6.07, 6.45) is 7.83. The van der Waals surface area contributed by atoms with Crippen LogP contribution in [-0.4, -0.2) is 17.3 Å².